The summed E-state index contributed by atoms with van der Waals surface area (Å²) in [5.41, 5.74) is 4.71. The van der Waals surface area contributed by atoms with Crippen LogP contribution in [-0.4, -0.2) is 40.4 Å². The van der Waals surface area contributed by atoms with Crippen LogP contribution in [0, 0.1) is 6.92 Å². The van der Waals surface area contributed by atoms with E-state index >= 15 is 0 Å². The van der Waals surface area contributed by atoms with Crippen LogP contribution >= 0.6 is 0 Å². The van der Waals surface area contributed by atoms with E-state index in [0.717, 1.165) is 46.9 Å². The van der Waals surface area contributed by atoms with Crippen LogP contribution in [0.4, 0.5) is 5.95 Å². The molecule has 2 aliphatic rings. The van der Waals surface area contributed by atoms with Gasteiger partial charge in [0.05, 0.1) is 5.52 Å². The van der Waals surface area contributed by atoms with Crippen LogP contribution in [-0.2, 0) is 4.79 Å². The molecule has 1 aromatic heterocycles. The van der Waals surface area contributed by atoms with Gasteiger partial charge in [-0.05, 0) is 67.1 Å². The number of aryl methyl sites for hydroxylation is 1. The highest BCUT2D eigenvalue weighted by molar-refractivity contribution is 5.96. The van der Waals surface area contributed by atoms with Gasteiger partial charge in [-0.25, -0.2) is 9.97 Å². The summed E-state index contributed by atoms with van der Waals surface area (Å²) in [6, 6.07) is 12.4. The molecule has 31 heavy (non-hydrogen) atoms. The SMILES string of the molecule is Cc1ccc(C(=O)NC2CC2)cc1-c1ccc2nc(N[C@H]3CCC(=O)NC3)ncc2c1. The van der Waals surface area contributed by atoms with Crippen molar-refractivity contribution < 1.29 is 9.59 Å². The lowest BCUT2D eigenvalue weighted by atomic mass is 9.97. The van der Waals surface area contributed by atoms with Crippen molar-refractivity contribution in [3.63, 3.8) is 0 Å². The van der Waals surface area contributed by atoms with Gasteiger partial charge in [-0.3, -0.25) is 9.59 Å². The minimum atomic E-state index is -0.0116. The fraction of sp³-hybridized carbons (Fsp3) is 0.333. The van der Waals surface area contributed by atoms with E-state index in [1.54, 1.807) is 0 Å². The first-order valence-corrected chi connectivity index (χ1v) is 10.8. The number of nitrogens with one attached hydrogen (secondary N) is 3. The summed E-state index contributed by atoms with van der Waals surface area (Å²) in [5.74, 6) is 0.646. The zero-order valence-corrected chi connectivity index (χ0v) is 17.4. The number of carbonyl (C=O) groups is 2. The molecule has 2 aromatic carbocycles. The number of fused-ring (bicyclic) bond motifs is 1. The van der Waals surface area contributed by atoms with Crippen LogP contribution < -0.4 is 16.0 Å². The molecule has 1 aliphatic heterocycles. The molecular weight excluding hydrogens is 390 g/mol. The lowest BCUT2D eigenvalue weighted by Crippen LogP contribution is -2.42. The monoisotopic (exact) mass is 415 g/mol. The Bertz CT molecular complexity index is 1160. The molecule has 158 valence electrons. The number of amides is 2. The van der Waals surface area contributed by atoms with E-state index in [-0.39, 0.29) is 17.9 Å². The Hall–Kier alpha value is -3.48. The van der Waals surface area contributed by atoms with E-state index in [9.17, 15) is 9.59 Å². The molecule has 7 nitrogen and oxygen atoms in total. The van der Waals surface area contributed by atoms with Gasteiger partial charge in [0, 0.05) is 42.2 Å². The van der Waals surface area contributed by atoms with Gasteiger partial charge in [-0.15, -0.1) is 0 Å². The first-order chi connectivity index (χ1) is 15.0. The topological polar surface area (TPSA) is 96.0 Å². The van der Waals surface area contributed by atoms with Crippen LogP contribution in [0.1, 0.15) is 41.6 Å². The molecule has 5 rings (SSSR count). The predicted molar refractivity (Wildman–Crippen MR) is 120 cm³/mol. The lowest BCUT2D eigenvalue weighted by molar-refractivity contribution is -0.122. The van der Waals surface area contributed by atoms with Gasteiger partial charge in [-0.2, -0.15) is 0 Å². The molecule has 0 spiro atoms. The number of hydrogen-bond acceptors (Lipinski definition) is 5. The third kappa shape index (κ3) is 4.35. The summed E-state index contributed by atoms with van der Waals surface area (Å²) in [7, 11) is 0. The van der Waals surface area contributed by atoms with Crippen LogP contribution in [0.5, 0.6) is 0 Å². The number of nitrogens with zero attached hydrogens (tertiary/aromatic N) is 2. The molecule has 2 fully saturated rings. The summed E-state index contributed by atoms with van der Waals surface area (Å²) in [4.78, 5) is 32.9. The van der Waals surface area contributed by atoms with E-state index in [4.69, 9.17) is 0 Å². The summed E-state index contributed by atoms with van der Waals surface area (Å²) in [6.07, 6.45) is 5.25. The van der Waals surface area contributed by atoms with E-state index in [1.165, 1.54) is 0 Å². The molecule has 0 unspecified atom stereocenters. The van der Waals surface area contributed by atoms with Gasteiger partial charge >= 0.3 is 0 Å². The molecule has 0 bridgehead atoms. The predicted octanol–water partition coefficient (Wildman–Crippen LogP) is 3.19. The zero-order chi connectivity index (χ0) is 21.4. The first kappa shape index (κ1) is 19.5. The number of rotatable bonds is 5. The molecule has 7 heteroatoms. The number of hydrogen-bond donors (Lipinski definition) is 3. The second-order valence-electron chi connectivity index (χ2n) is 8.43. The standard InChI is InChI=1S/C24H25N5O2/c1-14-2-3-16(23(31)27-18-5-6-18)11-20(14)15-4-8-21-17(10-15)12-26-24(29-21)28-19-7-9-22(30)25-13-19/h2-4,8,10-12,18-19H,5-7,9,13H2,1H3,(H,25,30)(H,27,31)(H,26,28,29)/t19-/m0/s1. The van der Waals surface area contributed by atoms with E-state index < -0.39 is 0 Å². The number of carbonyl (C=O) groups excluding carboxylic acids is 2. The van der Waals surface area contributed by atoms with Crippen molar-refractivity contribution in [3.05, 3.63) is 53.7 Å². The molecule has 1 saturated carbocycles. The fourth-order valence-electron chi connectivity index (χ4n) is 3.88. The summed E-state index contributed by atoms with van der Waals surface area (Å²) in [5, 5.41) is 10.2. The Kier molecular flexibility index (Phi) is 5.02. The highest BCUT2D eigenvalue weighted by Crippen LogP contribution is 2.28. The van der Waals surface area contributed by atoms with Gasteiger partial charge in [0.25, 0.3) is 5.91 Å². The van der Waals surface area contributed by atoms with Crippen molar-refractivity contribution in [2.24, 2.45) is 0 Å². The largest absolute Gasteiger partial charge is 0.354 e. The number of piperidine rings is 1. The van der Waals surface area contributed by atoms with Gasteiger partial charge in [0.1, 0.15) is 0 Å². The van der Waals surface area contributed by atoms with Crippen molar-refractivity contribution >= 4 is 28.7 Å². The average Bonchev–Trinajstić information content (AvgIpc) is 3.59. The Labute approximate surface area is 180 Å². The maximum atomic E-state index is 12.5. The van der Waals surface area contributed by atoms with Crippen molar-refractivity contribution in [1.82, 2.24) is 20.6 Å². The minimum Gasteiger partial charge on any atom is -0.354 e. The second kappa shape index (κ2) is 7.98. The summed E-state index contributed by atoms with van der Waals surface area (Å²) in [6.45, 7) is 2.64. The Morgan fingerprint density at radius 2 is 1.97 bits per heavy atom. The van der Waals surface area contributed by atoms with Gasteiger partial charge < -0.3 is 16.0 Å². The minimum absolute atomic E-state index is 0.0116. The van der Waals surface area contributed by atoms with E-state index in [2.05, 4.69) is 38.9 Å². The van der Waals surface area contributed by atoms with Gasteiger partial charge in [-0.1, -0.05) is 12.1 Å². The number of benzene rings is 2. The van der Waals surface area contributed by atoms with Crippen LogP contribution in [0.3, 0.4) is 0 Å². The molecule has 2 amide bonds. The highest BCUT2D eigenvalue weighted by Gasteiger charge is 2.24. The number of aromatic nitrogens is 2. The summed E-state index contributed by atoms with van der Waals surface area (Å²) < 4.78 is 0. The summed E-state index contributed by atoms with van der Waals surface area (Å²) >= 11 is 0. The third-order valence-corrected chi connectivity index (χ3v) is 5.90. The first-order valence-electron chi connectivity index (χ1n) is 10.8. The highest BCUT2D eigenvalue weighted by atomic mass is 16.2. The maximum absolute atomic E-state index is 12.5. The van der Waals surface area contributed by atoms with Crippen molar-refractivity contribution in [1.29, 1.82) is 0 Å². The van der Waals surface area contributed by atoms with Crippen molar-refractivity contribution in [3.8, 4) is 11.1 Å². The molecule has 1 saturated heterocycles. The number of anilines is 1. The molecule has 1 atom stereocenters. The molecule has 3 N–H and O–H groups in total. The maximum Gasteiger partial charge on any atom is 0.251 e. The average molecular weight is 415 g/mol. The van der Waals surface area contributed by atoms with Crippen molar-refractivity contribution in [2.75, 3.05) is 11.9 Å². The van der Waals surface area contributed by atoms with E-state index in [1.807, 2.05) is 36.5 Å². The van der Waals surface area contributed by atoms with Gasteiger partial charge in [0.2, 0.25) is 11.9 Å². The molecular formula is C24H25N5O2. The quantitative estimate of drug-likeness (QED) is 0.595. The van der Waals surface area contributed by atoms with Crippen molar-refractivity contribution in [2.45, 2.75) is 44.7 Å². The van der Waals surface area contributed by atoms with Crippen LogP contribution in [0.2, 0.25) is 0 Å². The van der Waals surface area contributed by atoms with Gasteiger partial charge in [0.15, 0.2) is 0 Å². The smallest absolute Gasteiger partial charge is 0.251 e. The molecule has 3 aromatic rings. The Morgan fingerprint density at radius 1 is 1.10 bits per heavy atom. The third-order valence-electron chi connectivity index (χ3n) is 5.90. The second-order valence-corrected chi connectivity index (χ2v) is 8.43. The Balaban J connectivity index is 1.38. The normalized spacial score (nSPS) is 18.5. The fourth-order valence-corrected chi connectivity index (χ4v) is 3.88. The zero-order valence-electron chi connectivity index (χ0n) is 17.4. The lowest BCUT2D eigenvalue weighted by Gasteiger charge is -2.23. The van der Waals surface area contributed by atoms with Crippen LogP contribution in [0.15, 0.2) is 42.6 Å². The molecule has 2 heterocycles. The molecule has 1 aliphatic carbocycles. The van der Waals surface area contributed by atoms with E-state index in [0.29, 0.717) is 30.5 Å². The Morgan fingerprint density at radius 3 is 2.74 bits per heavy atom. The van der Waals surface area contributed by atoms with Crippen LogP contribution in [0.25, 0.3) is 22.0 Å². The molecule has 0 radical (unpaired) electrons.